The minimum absolute atomic E-state index is 0.132. The maximum atomic E-state index is 12.2. The molecular weight excluding hydrogens is 254 g/mol. The Morgan fingerprint density at radius 3 is 3.00 bits per heavy atom. The zero-order chi connectivity index (χ0) is 14.5. The Morgan fingerprint density at radius 1 is 1.60 bits per heavy atom. The van der Waals surface area contributed by atoms with Crippen LogP contribution in [0.4, 0.5) is 0 Å². The molecule has 0 radical (unpaired) electrons. The van der Waals surface area contributed by atoms with Crippen LogP contribution < -0.4 is 0 Å². The molecular formula is C15H23N3O2. The van der Waals surface area contributed by atoms with Crippen LogP contribution in [-0.2, 0) is 16.0 Å². The van der Waals surface area contributed by atoms with Crippen LogP contribution in [-0.4, -0.2) is 67.1 Å². The van der Waals surface area contributed by atoms with E-state index >= 15 is 0 Å². The summed E-state index contributed by atoms with van der Waals surface area (Å²) in [7, 11) is 5.70. The van der Waals surface area contributed by atoms with Crippen molar-refractivity contribution in [2.45, 2.75) is 25.0 Å². The first kappa shape index (κ1) is 14.9. The fourth-order valence-electron chi connectivity index (χ4n) is 2.64. The second kappa shape index (κ2) is 6.81. The topological polar surface area (TPSA) is 45.7 Å². The van der Waals surface area contributed by atoms with Gasteiger partial charge < -0.3 is 9.64 Å². The van der Waals surface area contributed by atoms with Crippen LogP contribution in [0.2, 0.25) is 0 Å². The average molecular weight is 277 g/mol. The summed E-state index contributed by atoms with van der Waals surface area (Å²) in [5.74, 6) is 0.132. The normalized spacial score (nSPS) is 22.9. The molecule has 2 rings (SSSR count). The fourth-order valence-corrected chi connectivity index (χ4v) is 2.64. The van der Waals surface area contributed by atoms with Crippen LogP contribution in [0, 0.1) is 0 Å². The molecule has 0 bridgehead atoms. The van der Waals surface area contributed by atoms with Crippen molar-refractivity contribution >= 4 is 5.91 Å². The van der Waals surface area contributed by atoms with Crippen molar-refractivity contribution in [2.24, 2.45) is 0 Å². The summed E-state index contributed by atoms with van der Waals surface area (Å²) in [6.07, 6.45) is 5.14. The van der Waals surface area contributed by atoms with Crippen molar-refractivity contribution in [3.63, 3.8) is 0 Å². The van der Waals surface area contributed by atoms with E-state index < -0.39 is 0 Å². The monoisotopic (exact) mass is 277 g/mol. The van der Waals surface area contributed by atoms with Crippen molar-refractivity contribution < 1.29 is 9.53 Å². The number of likely N-dealkylation sites (N-methyl/N-ethyl adjacent to an activating group) is 2. The molecule has 5 heteroatoms. The van der Waals surface area contributed by atoms with Crippen molar-refractivity contribution in [1.29, 1.82) is 0 Å². The third-order valence-electron chi connectivity index (χ3n) is 3.97. The van der Waals surface area contributed by atoms with Gasteiger partial charge in [0.1, 0.15) is 0 Å². The van der Waals surface area contributed by atoms with Gasteiger partial charge in [-0.1, -0.05) is 6.07 Å². The molecule has 1 saturated heterocycles. The zero-order valence-electron chi connectivity index (χ0n) is 12.5. The summed E-state index contributed by atoms with van der Waals surface area (Å²) >= 11 is 0. The molecule has 0 unspecified atom stereocenters. The molecule has 0 aromatic carbocycles. The number of rotatable bonds is 5. The Hall–Kier alpha value is -1.46. The number of nitrogens with zero attached hydrogens (tertiary/aromatic N) is 3. The Morgan fingerprint density at radius 2 is 2.40 bits per heavy atom. The van der Waals surface area contributed by atoms with Crippen molar-refractivity contribution in [2.75, 3.05) is 34.3 Å². The Kier molecular flexibility index (Phi) is 5.09. The van der Waals surface area contributed by atoms with E-state index in [9.17, 15) is 4.79 Å². The first-order valence-electron chi connectivity index (χ1n) is 6.96. The van der Waals surface area contributed by atoms with Gasteiger partial charge in [-0.15, -0.1) is 0 Å². The second-order valence-corrected chi connectivity index (χ2v) is 5.50. The molecule has 0 aliphatic carbocycles. The van der Waals surface area contributed by atoms with Gasteiger partial charge in [-0.25, -0.2) is 0 Å². The number of likely N-dealkylation sites (tertiary alicyclic amines) is 1. The molecule has 1 aromatic rings. The summed E-state index contributed by atoms with van der Waals surface area (Å²) in [4.78, 5) is 20.3. The summed E-state index contributed by atoms with van der Waals surface area (Å²) in [5.41, 5.74) is 0.957. The lowest BCUT2D eigenvalue weighted by atomic mass is 10.1. The van der Waals surface area contributed by atoms with Crippen molar-refractivity contribution in [3.05, 3.63) is 30.1 Å². The first-order valence-corrected chi connectivity index (χ1v) is 6.96. The number of amides is 1. The van der Waals surface area contributed by atoms with Gasteiger partial charge in [0, 0.05) is 45.7 Å². The number of methoxy groups -OCH3 is 1. The maximum Gasteiger partial charge on any atom is 0.226 e. The van der Waals surface area contributed by atoms with Crippen LogP contribution >= 0.6 is 0 Å². The Bertz CT molecular complexity index is 438. The maximum absolute atomic E-state index is 12.2. The molecule has 0 spiro atoms. The van der Waals surface area contributed by atoms with E-state index in [1.165, 1.54) is 0 Å². The van der Waals surface area contributed by atoms with E-state index in [1.807, 2.05) is 24.1 Å². The van der Waals surface area contributed by atoms with Crippen LogP contribution in [0.25, 0.3) is 0 Å². The van der Waals surface area contributed by atoms with Gasteiger partial charge in [-0.05, 0) is 25.1 Å². The first-order chi connectivity index (χ1) is 9.60. The van der Waals surface area contributed by atoms with Crippen LogP contribution in [0.1, 0.15) is 12.0 Å². The van der Waals surface area contributed by atoms with Crippen LogP contribution in [0.5, 0.6) is 0 Å². The minimum Gasteiger partial charge on any atom is -0.380 e. The molecule has 110 valence electrons. The van der Waals surface area contributed by atoms with E-state index in [2.05, 4.69) is 16.9 Å². The lowest BCUT2D eigenvalue weighted by Crippen LogP contribution is -2.40. The number of carbonyl (C=O) groups excluding carboxylic acids is 1. The van der Waals surface area contributed by atoms with E-state index in [-0.39, 0.29) is 12.0 Å². The molecule has 20 heavy (non-hydrogen) atoms. The second-order valence-electron chi connectivity index (χ2n) is 5.50. The van der Waals surface area contributed by atoms with E-state index in [4.69, 9.17) is 4.74 Å². The van der Waals surface area contributed by atoms with Gasteiger partial charge in [0.2, 0.25) is 5.91 Å². The molecule has 2 heterocycles. The highest BCUT2D eigenvalue weighted by molar-refractivity contribution is 5.78. The number of pyridine rings is 1. The number of hydrogen-bond donors (Lipinski definition) is 0. The highest BCUT2D eigenvalue weighted by Crippen LogP contribution is 2.18. The van der Waals surface area contributed by atoms with Crippen molar-refractivity contribution in [1.82, 2.24) is 14.8 Å². The highest BCUT2D eigenvalue weighted by atomic mass is 16.5. The summed E-state index contributed by atoms with van der Waals surface area (Å²) in [6, 6.07) is 4.17. The lowest BCUT2D eigenvalue weighted by molar-refractivity contribution is -0.129. The summed E-state index contributed by atoms with van der Waals surface area (Å²) < 4.78 is 5.40. The van der Waals surface area contributed by atoms with Gasteiger partial charge in [0.15, 0.2) is 0 Å². The molecule has 5 nitrogen and oxygen atoms in total. The van der Waals surface area contributed by atoms with Gasteiger partial charge >= 0.3 is 0 Å². The minimum atomic E-state index is 0.132. The zero-order valence-corrected chi connectivity index (χ0v) is 12.5. The standard InChI is InChI=1S/C15H23N3O2/c1-17-11-14(20-3)8-13(17)10-18(2)15(19)7-12-5-4-6-16-9-12/h4-6,9,13-14H,7-8,10-11H2,1-3H3/t13-,14-/m0/s1. The SMILES string of the molecule is CO[C@H]1C[C@@H](CN(C)C(=O)Cc2cccnc2)N(C)C1. The molecule has 1 fully saturated rings. The summed E-state index contributed by atoms with van der Waals surface area (Å²) in [6.45, 7) is 1.68. The lowest BCUT2D eigenvalue weighted by Gasteiger charge is -2.25. The van der Waals surface area contributed by atoms with E-state index in [0.29, 0.717) is 12.5 Å². The molecule has 0 saturated carbocycles. The molecule has 1 amide bonds. The highest BCUT2D eigenvalue weighted by Gasteiger charge is 2.30. The predicted octanol–water partition coefficient (Wildman–Crippen LogP) is 0.802. The van der Waals surface area contributed by atoms with E-state index in [0.717, 1.165) is 25.1 Å². The van der Waals surface area contributed by atoms with Crippen LogP contribution in [0.3, 0.4) is 0 Å². The molecule has 1 aromatic heterocycles. The molecule has 2 atom stereocenters. The Labute approximate surface area is 120 Å². The third kappa shape index (κ3) is 3.77. The van der Waals surface area contributed by atoms with Crippen molar-refractivity contribution in [3.8, 4) is 0 Å². The fraction of sp³-hybridized carbons (Fsp3) is 0.600. The van der Waals surface area contributed by atoms with Gasteiger partial charge in [-0.3, -0.25) is 14.7 Å². The summed E-state index contributed by atoms with van der Waals surface area (Å²) in [5, 5.41) is 0. The molecule has 0 N–H and O–H groups in total. The van der Waals surface area contributed by atoms with Crippen LogP contribution in [0.15, 0.2) is 24.5 Å². The number of hydrogen-bond acceptors (Lipinski definition) is 4. The predicted molar refractivity (Wildman–Crippen MR) is 77.4 cm³/mol. The van der Waals surface area contributed by atoms with E-state index in [1.54, 1.807) is 19.5 Å². The molecule has 1 aliphatic rings. The Balaban J connectivity index is 1.85. The van der Waals surface area contributed by atoms with Gasteiger partial charge in [0.25, 0.3) is 0 Å². The van der Waals surface area contributed by atoms with Gasteiger partial charge in [-0.2, -0.15) is 0 Å². The van der Waals surface area contributed by atoms with Gasteiger partial charge in [0.05, 0.1) is 12.5 Å². The smallest absolute Gasteiger partial charge is 0.226 e. The molecule has 1 aliphatic heterocycles. The largest absolute Gasteiger partial charge is 0.380 e. The third-order valence-corrected chi connectivity index (χ3v) is 3.97. The quantitative estimate of drug-likeness (QED) is 0.799. The number of aromatic nitrogens is 1. The average Bonchev–Trinajstić information content (AvgIpc) is 2.80. The number of carbonyl (C=O) groups is 1. The number of ether oxygens (including phenoxy) is 1.